The van der Waals surface area contributed by atoms with Gasteiger partial charge >= 0.3 is 5.97 Å². The van der Waals surface area contributed by atoms with Gasteiger partial charge in [-0.3, -0.25) is 9.59 Å². The highest BCUT2D eigenvalue weighted by Crippen LogP contribution is 2.36. The number of carbonyl (C=O) groups excluding carboxylic acids is 1. The van der Waals surface area contributed by atoms with Gasteiger partial charge in [0, 0.05) is 18.9 Å². The van der Waals surface area contributed by atoms with E-state index >= 15 is 0 Å². The molecule has 2 heterocycles. The fraction of sp³-hybridized carbons (Fsp3) is 0.438. The number of nitrogens with one attached hydrogen (secondary N) is 1. The Hall–Kier alpha value is -2.37. The van der Waals surface area contributed by atoms with Gasteiger partial charge in [-0.15, -0.1) is 0 Å². The summed E-state index contributed by atoms with van der Waals surface area (Å²) in [5.74, 6) is -1.14. The Labute approximate surface area is 128 Å². The van der Waals surface area contributed by atoms with Crippen LogP contribution in [0, 0.1) is 5.41 Å². The Kier molecular flexibility index (Phi) is 3.83. The predicted octanol–water partition coefficient (Wildman–Crippen LogP) is 2.10. The van der Waals surface area contributed by atoms with Crippen molar-refractivity contribution < 1.29 is 14.7 Å². The summed E-state index contributed by atoms with van der Waals surface area (Å²) < 4.78 is 1.77. The summed E-state index contributed by atoms with van der Waals surface area (Å²) in [6, 6.07) is 5.53. The highest BCUT2D eigenvalue weighted by molar-refractivity contribution is 5.93. The molecule has 0 atom stereocenters. The van der Waals surface area contributed by atoms with Crippen LogP contribution in [0.5, 0.6) is 0 Å². The molecule has 2 N–H and O–H groups in total. The smallest absolute Gasteiger partial charge is 0.311 e. The van der Waals surface area contributed by atoms with Crippen molar-refractivity contribution in [2.24, 2.45) is 5.41 Å². The number of hydrogen-bond donors (Lipinski definition) is 2. The number of rotatable bonds is 4. The molecule has 1 amide bonds. The van der Waals surface area contributed by atoms with E-state index in [4.69, 9.17) is 0 Å². The van der Waals surface area contributed by atoms with Crippen LogP contribution < -0.4 is 5.32 Å². The molecule has 1 aliphatic carbocycles. The summed E-state index contributed by atoms with van der Waals surface area (Å²) in [5, 5.41) is 12.3. The molecule has 1 saturated carbocycles. The third-order valence-electron chi connectivity index (χ3n) is 4.45. The van der Waals surface area contributed by atoms with Crippen molar-refractivity contribution in [3.8, 4) is 0 Å². The van der Waals surface area contributed by atoms with Crippen LogP contribution in [-0.2, 0) is 4.79 Å². The number of aromatic nitrogens is 2. The maximum absolute atomic E-state index is 12.2. The third kappa shape index (κ3) is 2.68. The van der Waals surface area contributed by atoms with Crippen molar-refractivity contribution in [3.63, 3.8) is 0 Å². The molecule has 2 aromatic rings. The lowest BCUT2D eigenvalue weighted by Crippen LogP contribution is -2.44. The molecule has 1 aliphatic rings. The van der Waals surface area contributed by atoms with Gasteiger partial charge in [0.1, 0.15) is 11.3 Å². The van der Waals surface area contributed by atoms with Crippen LogP contribution in [0.4, 0.5) is 0 Å². The number of hydrogen-bond acceptors (Lipinski definition) is 3. The van der Waals surface area contributed by atoms with E-state index in [1.165, 1.54) is 0 Å². The van der Waals surface area contributed by atoms with Gasteiger partial charge in [0.15, 0.2) is 0 Å². The van der Waals surface area contributed by atoms with E-state index in [0.29, 0.717) is 24.2 Å². The Morgan fingerprint density at radius 2 is 2.05 bits per heavy atom. The number of imidazole rings is 1. The minimum Gasteiger partial charge on any atom is -0.481 e. The van der Waals surface area contributed by atoms with Gasteiger partial charge in [-0.25, -0.2) is 4.98 Å². The highest BCUT2D eigenvalue weighted by atomic mass is 16.4. The van der Waals surface area contributed by atoms with E-state index in [9.17, 15) is 14.7 Å². The first-order valence-electron chi connectivity index (χ1n) is 7.56. The number of fused-ring (bicyclic) bond motifs is 1. The molecule has 0 aliphatic heterocycles. The van der Waals surface area contributed by atoms with Gasteiger partial charge in [0.05, 0.1) is 5.41 Å². The van der Waals surface area contributed by atoms with Crippen LogP contribution >= 0.6 is 0 Å². The fourth-order valence-electron chi connectivity index (χ4n) is 3.08. The van der Waals surface area contributed by atoms with E-state index in [2.05, 4.69) is 10.3 Å². The number of carboxylic acids is 1. The van der Waals surface area contributed by atoms with Gasteiger partial charge < -0.3 is 14.8 Å². The maximum atomic E-state index is 12.2. The molecule has 0 aromatic carbocycles. The summed E-state index contributed by atoms with van der Waals surface area (Å²) in [4.78, 5) is 28.1. The first-order valence-corrected chi connectivity index (χ1v) is 7.56. The van der Waals surface area contributed by atoms with Crippen LogP contribution in [0.25, 0.3) is 5.65 Å². The van der Waals surface area contributed by atoms with Crippen molar-refractivity contribution in [1.29, 1.82) is 0 Å². The van der Waals surface area contributed by atoms with Gasteiger partial charge in [0.2, 0.25) is 0 Å². The predicted molar refractivity (Wildman–Crippen MR) is 80.7 cm³/mol. The molecular formula is C16H19N3O3. The lowest BCUT2D eigenvalue weighted by atomic mass is 9.74. The molecule has 116 valence electrons. The Bertz CT molecular complexity index is 668. The van der Waals surface area contributed by atoms with E-state index < -0.39 is 11.4 Å². The van der Waals surface area contributed by atoms with Crippen molar-refractivity contribution in [2.75, 3.05) is 6.54 Å². The van der Waals surface area contributed by atoms with Crippen LogP contribution in [0.2, 0.25) is 0 Å². The molecule has 6 heteroatoms. The minimum atomic E-state index is -0.826. The molecule has 22 heavy (non-hydrogen) atoms. The quantitative estimate of drug-likeness (QED) is 0.906. The SMILES string of the molecule is O=C(NCC1(C(=O)O)CCCCC1)c1cn2ccccc2n1. The molecule has 0 saturated heterocycles. The number of pyridine rings is 1. The van der Waals surface area contributed by atoms with E-state index in [-0.39, 0.29) is 12.5 Å². The van der Waals surface area contributed by atoms with E-state index in [1.807, 2.05) is 24.4 Å². The second kappa shape index (κ2) is 5.79. The first kappa shape index (κ1) is 14.6. The molecule has 2 aromatic heterocycles. The normalized spacial score (nSPS) is 17.3. The van der Waals surface area contributed by atoms with Crippen LogP contribution in [0.1, 0.15) is 42.6 Å². The first-order chi connectivity index (χ1) is 10.6. The molecular weight excluding hydrogens is 282 g/mol. The molecule has 0 radical (unpaired) electrons. The molecule has 6 nitrogen and oxygen atoms in total. The van der Waals surface area contributed by atoms with Crippen molar-refractivity contribution >= 4 is 17.5 Å². The Morgan fingerprint density at radius 3 is 2.73 bits per heavy atom. The van der Waals surface area contributed by atoms with Crippen molar-refractivity contribution in [3.05, 3.63) is 36.3 Å². The summed E-state index contributed by atoms with van der Waals surface area (Å²) in [6.07, 6.45) is 7.57. The lowest BCUT2D eigenvalue weighted by molar-refractivity contribution is -0.150. The third-order valence-corrected chi connectivity index (χ3v) is 4.45. The zero-order valence-electron chi connectivity index (χ0n) is 12.3. The number of nitrogens with zero attached hydrogens (tertiary/aromatic N) is 2. The zero-order valence-corrected chi connectivity index (χ0v) is 12.3. The number of amides is 1. The summed E-state index contributed by atoms with van der Waals surface area (Å²) in [5.41, 5.74) is 0.174. The molecule has 0 unspecified atom stereocenters. The van der Waals surface area contributed by atoms with E-state index in [1.54, 1.807) is 10.6 Å². The largest absolute Gasteiger partial charge is 0.481 e. The average molecular weight is 301 g/mol. The van der Waals surface area contributed by atoms with Gasteiger partial charge in [-0.1, -0.05) is 25.3 Å². The van der Waals surface area contributed by atoms with Crippen molar-refractivity contribution in [1.82, 2.24) is 14.7 Å². The highest BCUT2D eigenvalue weighted by Gasteiger charge is 2.39. The van der Waals surface area contributed by atoms with Gasteiger partial charge in [-0.05, 0) is 25.0 Å². The summed E-state index contributed by atoms with van der Waals surface area (Å²) in [7, 11) is 0. The standard InChI is InChI=1S/C16H19N3O3/c20-14(12-10-19-9-5-2-6-13(19)18-12)17-11-16(15(21)22)7-3-1-4-8-16/h2,5-6,9-10H,1,3-4,7-8,11H2,(H,17,20)(H,21,22). The van der Waals surface area contributed by atoms with Gasteiger partial charge in [-0.2, -0.15) is 0 Å². The second-order valence-electron chi connectivity index (χ2n) is 5.92. The van der Waals surface area contributed by atoms with Crippen LogP contribution in [0.15, 0.2) is 30.6 Å². The lowest BCUT2D eigenvalue weighted by Gasteiger charge is -2.33. The number of aliphatic carboxylic acids is 1. The topological polar surface area (TPSA) is 83.7 Å². The summed E-state index contributed by atoms with van der Waals surface area (Å²) >= 11 is 0. The molecule has 0 bridgehead atoms. The van der Waals surface area contributed by atoms with Gasteiger partial charge in [0.25, 0.3) is 5.91 Å². The zero-order chi connectivity index (χ0) is 15.6. The molecule has 0 spiro atoms. The van der Waals surface area contributed by atoms with Crippen molar-refractivity contribution in [2.45, 2.75) is 32.1 Å². The minimum absolute atomic E-state index is 0.162. The molecule has 1 fully saturated rings. The molecule has 3 rings (SSSR count). The Balaban J connectivity index is 1.72. The fourth-order valence-corrected chi connectivity index (χ4v) is 3.08. The van der Waals surface area contributed by atoms with Crippen LogP contribution in [-0.4, -0.2) is 32.9 Å². The average Bonchev–Trinajstić information content (AvgIpc) is 2.97. The Morgan fingerprint density at radius 1 is 1.27 bits per heavy atom. The second-order valence-corrected chi connectivity index (χ2v) is 5.92. The summed E-state index contributed by atoms with van der Waals surface area (Å²) in [6.45, 7) is 0.162. The maximum Gasteiger partial charge on any atom is 0.311 e. The van der Waals surface area contributed by atoms with E-state index in [0.717, 1.165) is 19.3 Å². The number of carbonyl (C=O) groups is 2. The monoisotopic (exact) mass is 301 g/mol. The number of carboxylic acid groups (broad SMARTS) is 1. The van der Waals surface area contributed by atoms with Crippen LogP contribution in [0.3, 0.4) is 0 Å².